The van der Waals surface area contributed by atoms with Crippen LogP contribution in [0.15, 0.2) is 18.3 Å². The van der Waals surface area contributed by atoms with E-state index in [0.717, 1.165) is 34.9 Å². The summed E-state index contributed by atoms with van der Waals surface area (Å²) in [5, 5.41) is 13.8. The van der Waals surface area contributed by atoms with Crippen molar-refractivity contribution in [3.05, 3.63) is 45.0 Å². The Morgan fingerprint density at radius 1 is 1.45 bits per heavy atom. The molecule has 0 aliphatic heterocycles. The maximum absolute atomic E-state index is 14.0. The van der Waals surface area contributed by atoms with Crippen molar-refractivity contribution < 1.29 is 13.7 Å². The molecule has 1 aromatic carbocycles. The molecule has 8 heteroatoms. The van der Waals surface area contributed by atoms with E-state index in [1.54, 1.807) is 0 Å². The second-order valence-corrected chi connectivity index (χ2v) is 5.04. The minimum atomic E-state index is -1.20. The van der Waals surface area contributed by atoms with Crippen LogP contribution in [-0.4, -0.2) is 16.5 Å². The molecule has 0 unspecified atom stereocenters. The van der Waals surface area contributed by atoms with Gasteiger partial charge in [0, 0.05) is 23.7 Å². The molecular weight excluding hydrogens is 288 g/mol. The third-order valence-electron chi connectivity index (χ3n) is 2.58. The molecule has 0 saturated carbocycles. The fourth-order valence-corrected chi connectivity index (χ4v) is 2.55. The summed E-state index contributed by atoms with van der Waals surface area (Å²) in [5.41, 5.74) is -1.21. The fourth-order valence-electron chi connectivity index (χ4n) is 1.63. The summed E-state index contributed by atoms with van der Waals surface area (Å²) in [4.78, 5) is 14.5. The minimum absolute atomic E-state index is 0.0941. The number of hydrogen-bond donors (Lipinski definition) is 1. The third-order valence-corrected chi connectivity index (χ3v) is 3.60. The topological polar surface area (TPSA) is 68.1 Å². The Kier molecular flexibility index (Phi) is 4.35. The van der Waals surface area contributed by atoms with Gasteiger partial charge in [0.1, 0.15) is 10.8 Å². The van der Waals surface area contributed by atoms with Gasteiger partial charge >= 0.3 is 5.69 Å². The van der Waals surface area contributed by atoms with Crippen LogP contribution in [0.3, 0.4) is 0 Å². The first kappa shape index (κ1) is 14.5. The predicted octanol–water partition coefficient (Wildman–Crippen LogP) is 3.11. The van der Waals surface area contributed by atoms with E-state index in [-0.39, 0.29) is 5.01 Å². The quantitative estimate of drug-likeness (QED) is 0.680. The molecule has 0 fully saturated rings. The first-order chi connectivity index (χ1) is 9.54. The summed E-state index contributed by atoms with van der Waals surface area (Å²) < 4.78 is 27.7. The number of aromatic nitrogens is 1. The monoisotopic (exact) mass is 299 g/mol. The number of nitro benzene ring substituents is 1. The lowest BCUT2D eigenvalue weighted by molar-refractivity contribution is -0.387. The van der Waals surface area contributed by atoms with Gasteiger partial charge < -0.3 is 5.32 Å². The van der Waals surface area contributed by atoms with Gasteiger partial charge in [-0.3, -0.25) is 10.1 Å². The second-order valence-electron chi connectivity index (χ2n) is 3.92. The number of rotatable bonds is 5. The highest BCUT2D eigenvalue weighted by molar-refractivity contribution is 7.15. The van der Waals surface area contributed by atoms with Crippen LogP contribution in [0, 0.1) is 21.7 Å². The van der Waals surface area contributed by atoms with E-state index in [4.69, 9.17) is 0 Å². The van der Waals surface area contributed by atoms with Crippen molar-refractivity contribution in [1.29, 1.82) is 0 Å². The van der Waals surface area contributed by atoms with Gasteiger partial charge in [-0.25, -0.2) is 9.37 Å². The van der Waals surface area contributed by atoms with Crippen LogP contribution in [-0.2, 0) is 6.54 Å². The van der Waals surface area contributed by atoms with Crippen LogP contribution in [0.2, 0.25) is 0 Å². The molecule has 2 rings (SSSR count). The molecule has 1 N–H and O–H groups in total. The van der Waals surface area contributed by atoms with E-state index in [1.165, 1.54) is 6.20 Å². The molecule has 0 aliphatic carbocycles. The Labute approximate surface area is 117 Å². The Bertz CT molecular complexity index is 646. The number of hydrogen-bond acceptors (Lipinski definition) is 5. The van der Waals surface area contributed by atoms with Crippen molar-refractivity contribution in [2.24, 2.45) is 0 Å². The Balaban J connectivity index is 2.44. The molecule has 2 aromatic rings. The van der Waals surface area contributed by atoms with E-state index in [1.807, 2.05) is 6.92 Å². The molecule has 1 heterocycles. The number of benzene rings is 1. The molecule has 0 amide bonds. The summed E-state index contributed by atoms with van der Waals surface area (Å²) >= 11 is 1.10. The standard InChI is InChI=1S/C12H11F2N3O2S/c1-2-15-5-7-6-16-12(20-7)10-8(13)3-4-9(11(10)14)17(18)19/h3-4,6,15H,2,5H2,1H3. The number of thiazole rings is 1. The molecule has 0 aliphatic rings. The number of nitrogens with zero attached hydrogens (tertiary/aromatic N) is 2. The van der Waals surface area contributed by atoms with Crippen molar-refractivity contribution in [3.63, 3.8) is 0 Å². The second kappa shape index (κ2) is 6.02. The highest BCUT2D eigenvalue weighted by Gasteiger charge is 2.24. The van der Waals surface area contributed by atoms with Gasteiger partial charge in [-0.15, -0.1) is 11.3 Å². The van der Waals surface area contributed by atoms with E-state index >= 15 is 0 Å². The molecule has 106 valence electrons. The lowest BCUT2D eigenvalue weighted by Gasteiger charge is -2.02. The van der Waals surface area contributed by atoms with Crippen LogP contribution in [0.1, 0.15) is 11.8 Å². The molecule has 0 saturated heterocycles. The zero-order valence-corrected chi connectivity index (χ0v) is 11.3. The average molecular weight is 299 g/mol. The van der Waals surface area contributed by atoms with E-state index in [0.29, 0.717) is 6.54 Å². The summed E-state index contributed by atoms with van der Waals surface area (Å²) in [6.07, 6.45) is 1.50. The summed E-state index contributed by atoms with van der Waals surface area (Å²) in [5.74, 6) is -2.06. The van der Waals surface area contributed by atoms with E-state index in [2.05, 4.69) is 10.3 Å². The van der Waals surface area contributed by atoms with Gasteiger partial charge in [-0.05, 0) is 12.6 Å². The van der Waals surface area contributed by atoms with Crippen LogP contribution < -0.4 is 5.32 Å². The van der Waals surface area contributed by atoms with Crippen LogP contribution in [0.25, 0.3) is 10.6 Å². The first-order valence-corrected chi connectivity index (χ1v) is 6.64. The van der Waals surface area contributed by atoms with Crippen molar-refractivity contribution in [1.82, 2.24) is 10.3 Å². The number of nitro groups is 1. The molecule has 0 atom stereocenters. The van der Waals surface area contributed by atoms with E-state index in [9.17, 15) is 18.9 Å². The molecular formula is C12H11F2N3O2S. The highest BCUT2D eigenvalue weighted by atomic mass is 32.1. The summed E-state index contributed by atoms with van der Waals surface area (Å²) in [6.45, 7) is 3.22. The number of nitrogens with one attached hydrogen (secondary N) is 1. The maximum Gasteiger partial charge on any atom is 0.305 e. The van der Waals surface area contributed by atoms with Gasteiger partial charge in [0.25, 0.3) is 0 Å². The fraction of sp³-hybridized carbons (Fsp3) is 0.250. The van der Waals surface area contributed by atoms with Gasteiger partial charge in [-0.1, -0.05) is 6.92 Å². The zero-order chi connectivity index (χ0) is 14.7. The van der Waals surface area contributed by atoms with Crippen molar-refractivity contribution in [2.75, 3.05) is 6.54 Å². The van der Waals surface area contributed by atoms with Crippen molar-refractivity contribution >= 4 is 17.0 Å². The highest BCUT2D eigenvalue weighted by Crippen LogP contribution is 2.34. The maximum atomic E-state index is 14.0. The number of halogens is 2. The molecule has 5 nitrogen and oxygen atoms in total. The third kappa shape index (κ3) is 2.81. The summed E-state index contributed by atoms with van der Waals surface area (Å²) in [6, 6.07) is 1.68. The molecule has 1 aromatic heterocycles. The Morgan fingerprint density at radius 3 is 2.85 bits per heavy atom. The SMILES string of the molecule is CCNCc1cnc(-c2c(F)ccc([N+](=O)[O-])c2F)s1. The van der Waals surface area contributed by atoms with Crippen LogP contribution >= 0.6 is 11.3 Å². The average Bonchev–Trinajstić information content (AvgIpc) is 2.84. The molecule has 20 heavy (non-hydrogen) atoms. The zero-order valence-electron chi connectivity index (χ0n) is 10.5. The molecule has 0 bridgehead atoms. The molecule has 0 radical (unpaired) electrons. The van der Waals surface area contributed by atoms with Gasteiger partial charge in [0.15, 0.2) is 0 Å². The predicted molar refractivity (Wildman–Crippen MR) is 71.5 cm³/mol. The molecule has 0 spiro atoms. The van der Waals surface area contributed by atoms with Gasteiger partial charge in [0.2, 0.25) is 5.82 Å². The Morgan fingerprint density at radius 2 is 2.20 bits per heavy atom. The lowest BCUT2D eigenvalue weighted by atomic mass is 10.2. The van der Waals surface area contributed by atoms with Gasteiger partial charge in [-0.2, -0.15) is 4.39 Å². The smallest absolute Gasteiger partial charge is 0.305 e. The normalized spacial score (nSPS) is 10.8. The van der Waals surface area contributed by atoms with E-state index < -0.39 is 27.8 Å². The van der Waals surface area contributed by atoms with Crippen LogP contribution in [0.4, 0.5) is 14.5 Å². The van der Waals surface area contributed by atoms with Crippen molar-refractivity contribution in [3.8, 4) is 10.6 Å². The lowest BCUT2D eigenvalue weighted by Crippen LogP contribution is -2.10. The Hall–Kier alpha value is -1.93. The summed E-state index contributed by atoms with van der Waals surface area (Å²) in [7, 11) is 0. The van der Waals surface area contributed by atoms with Gasteiger partial charge in [0.05, 0.1) is 10.5 Å². The van der Waals surface area contributed by atoms with Crippen LogP contribution in [0.5, 0.6) is 0 Å². The van der Waals surface area contributed by atoms with Crippen molar-refractivity contribution in [2.45, 2.75) is 13.5 Å². The first-order valence-electron chi connectivity index (χ1n) is 5.82. The largest absolute Gasteiger partial charge is 0.312 e. The minimum Gasteiger partial charge on any atom is -0.312 e.